The normalized spacial score (nSPS) is 11.9. The zero-order chi connectivity index (χ0) is 22.3. The summed E-state index contributed by atoms with van der Waals surface area (Å²) in [7, 11) is 0. The van der Waals surface area contributed by atoms with E-state index in [1.54, 1.807) is 24.5 Å². The van der Waals surface area contributed by atoms with Gasteiger partial charge in [0.2, 0.25) is 5.91 Å². The summed E-state index contributed by atoms with van der Waals surface area (Å²) in [6, 6.07) is 2.46. The summed E-state index contributed by atoms with van der Waals surface area (Å²) >= 11 is 5.57. The first-order valence-electron chi connectivity index (χ1n) is 9.40. The zero-order valence-electron chi connectivity index (χ0n) is 16.8. The Labute approximate surface area is 178 Å². The predicted molar refractivity (Wildman–Crippen MR) is 111 cm³/mol. The molecule has 0 saturated carbocycles. The maximum atomic E-state index is 12.8. The number of pyridine rings is 1. The van der Waals surface area contributed by atoms with E-state index >= 15 is 0 Å². The Balaban J connectivity index is 2.13. The number of nitrogens with zero attached hydrogens (tertiary/aromatic N) is 2. The molecule has 10 nitrogen and oxygen atoms in total. The molecule has 11 heteroatoms. The predicted octanol–water partition coefficient (Wildman–Crippen LogP) is 0.681. The van der Waals surface area contributed by atoms with Crippen molar-refractivity contribution in [2.45, 2.75) is 32.7 Å². The summed E-state index contributed by atoms with van der Waals surface area (Å²) in [6.45, 7) is 3.68. The van der Waals surface area contributed by atoms with Gasteiger partial charge in [0.1, 0.15) is 17.6 Å². The lowest BCUT2D eigenvalue weighted by Gasteiger charge is -2.26. The Kier molecular flexibility index (Phi) is 8.16. The first-order valence-corrected chi connectivity index (χ1v) is 9.93. The van der Waals surface area contributed by atoms with Gasteiger partial charge in [-0.05, 0) is 24.5 Å². The van der Waals surface area contributed by atoms with Crippen LogP contribution >= 0.6 is 11.6 Å². The molecule has 4 amide bonds. The molecule has 0 aromatic carbocycles. The third-order valence-electron chi connectivity index (χ3n) is 4.24. The Bertz CT molecular complexity index is 896. The van der Waals surface area contributed by atoms with Gasteiger partial charge in [0.05, 0.1) is 6.54 Å². The van der Waals surface area contributed by atoms with Gasteiger partial charge >= 0.3 is 0 Å². The van der Waals surface area contributed by atoms with E-state index in [-0.39, 0.29) is 30.5 Å². The quantitative estimate of drug-likeness (QED) is 0.336. The number of hydrazine groups is 1. The Morgan fingerprint density at radius 1 is 1.30 bits per heavy atom. The average Bonchev–Trinajstić information content (AvgIpc) is 3.13. The molecule has 1 atom stereocenters. The van der Waals surface area contributed by atoms with Crippen LogP contribution in [0, 0.1) is 5.92 Å². The molecule has 2 heterocycles. The number of H-pyrrole nitrogens is 1. The maximum Gasteiger partial charge on any atom is 0.268 e. The molecule has 0 saturated heterocycles. The molecule has 2 aromatic rings. The smallest absolute Gasteiger partial charge is 0.268 e. The topological polar surface area (TPSA) is 150 Å². The number of hydrogen-bond donors (Lipinski definition) is 4. The molecule has 0 fully saturated rings. The summed E-state index contributed by atoms with van der Waals surface area (Å²) in [5, 5.41) is 4.39. The summed E-state index contributed by atoms with van der Waals surface area (Å²) in [5.41, 5.74) is 8.56. The highest BCUT2D eigenvalue weighted by Gasteiger charge is 2.26. The number of nitrogens with two attached hydrogens (primary N) is 1. The number of hydrogen-bond acceptors (Lipinski definition) is 5. The molecule has 0 spiro atoms. The summed E-state index contributed by atoms with van der Waals surface area (Å²) in [6.07, 6.45) is 3.41. The van der Waals surface area contributed by atoms with Crippen LogP contribution in [0.1, 0.15) is 37.2 Å². The van der Waals surface area contributed by atoms with Crippen LogP contribution in [-0.4, -0.2) is 57.1 Å². The van der Waals surface area contributed by atoms with Crippen molar-refractivity contribution in [1.82, 2.24) is 25.7 Å². The van der Waals surface area contributed by atoms with Crippen molar-refractivity contribution in [1.29, 1.82) is 0 Å². The molecular weight excluding hydrogens is 412 g/mol. The molecule has 5 N–H and O–H groups in total. The van der Waals surface area contributed by atoms with Crippen molar-refractivity contribution >= 4 is 46.1 Å². The molecule has 2 rings (SSSR count). The number of halogens is 1. The molecule has 0 bridgehead atoms. The molecule has 0 radical (unpaired) electrons. The van der Waals surface area contributed by atoms with Crippen molar-refractivity contribution in [3.05, 3.63) is 30.2 Å². The highest BCUT2D eigenvalue weighted by Crippen LogP contribution is 2.14. The van der Waals surface area contributed by atoms with E-state index in [1.165, 1.54) is 0 Å². The molecule has 0 aliphatic rings. The van der Waals surface area contributed by atoms with Crippen LogP contribution in [0.15, 0.2) is 24.5 Å². The number of nitrogens with one attached hydrogen (secondary N) is 3. The van der Waals surface area contributed by atoms with Crippen molar-refractivity contribution in [3.8, 4) is 0 Å². The standard InChI is InChI=1S/C19H25ClN6O4/c1-11(2)7-14(19(30)25-26(17(28)9-20)6-4-16(21)27)24-18(29)15-8-12-10-22-5-3-13(12)23-15/h3,5,8,10-11,14,23H,4,6-7,9H2,1-2H3,(H2,21,27)(H,24,29)(H,25,30). The van der Waals surface area contributed by atoms with Crippen LogP contribution in [-0.2, 0) is 14.4 Å². The number of rotatable bonds is 9. The second-order valence-electron chi connectivity index (χ2n) is 7.17. The first-order chi connectivity index (χ1) is 14.2. The molecule has 162 valence electrons. The Morgan fingerprint density at radius 3 is 2.63 bits per heavy atom. The number of alkyl halides is 1. The number of aromatic nitrogens is 2. The fourth-order valence-corrected chi connectivity index (χ4v) is 2.93. The van der Waals surface area contributed by atoms with Crippen molar-refractivity contribution < 1.29 is 19.2 Å². The second-order valence-corrected chi connectivity index (χ2v) is 7.44. The zero-order valence-corrected chi connectivity index (χ0v) is 17.5. The van der Waals surface area contributed by atoms with E-state index in [9.17, 15) is 19.2 Å². The summed E-state index contributed by atoms with van der Waals surface area (Å²) in [4.78, 5) is 55.5. The summed E-state index contributed by atoms with van der Waals surface area (Å²) < 4.78 is 0. The Hall–Kier alpha value is -3.14. The summed E-state index contributed by atoms with van der Waals surface area (Å²) in [5.74, 6) is -2.60. The first kappa shape index (κ1) is 23.1. The number of carbonyl (C=O) groups excluding carboxylic acids is 4. The minimum Gasteiger partial charge on any atom is -0.370 e. The number of fused-ring (bicyclic) bond motifs is 1. The minimum absolute atomic E-state index is 0.0794. The lowest BCUT2D eigenvalue weighted by molar-refractivity contribution is -0.141. The number of primary amides is 1. The molecule has 0 aliphatic carbocycles. The second kappa shape index (κ2) is 10.6. The number of carbonyl (C=O) groups is 4. The largest absolute Gasteiger partial charge is 0.370 e. The van der Waals surface area contributed by atoms with E-state index in [4.69, 9.17) is 17.3 Å². The van der Waals surface area contributed by atoms with Crippen LogP contribution in [0.3, 0.4) is 0 Å². The van der Waals surface area contributed by atoms with Gasteiger partial charge < -0.3 is 16.0 Å². The third-order valence-corrected chi connectivity index (χ3v) is 4.47. The van der Waals surface area contributed by atoms with Crippen LogP contribution in [0.4, 0.5) is 0 Å². The molecule has 0 aliphatic heterocycles. The Morgan fingerprint density at radius 2 is 2.03 bits per heavy atom. The third kappa shape index (κ3) is 6.45. The molecular formula is C19H25ClN6O4. The highest BCUT2D eigenvalue weighted by atomic mass is 35.5. The highest BCUT2D eigenvalue weighted by molar-refractivity contribution is 6.27. The van der Waals surface area contributed by atoms with Crippen molar-refractivity contribution in [2.24, 2.45) is 11.7 Å². The lowest BCUT2D eigenvalue weighted by atomic mass is 10.0. The van der Waals surface area contributed by atoms with E-state index < -0.39 is 29.7 Å². The monoisotopic (exact) mass is 436 g/mol. The van der Waals surface area contributed by atoms with Crippen LogP contribution in [0.2, 0.25) is 0 Å². The minimum atomic E-state index is -0.916. The van der Waals surface area contributed by atoms with Gasteiger partial charge in [-0.1, -0.05) is 13.8 Å². The van der Waals surface area contributed by atoms with Gasteiger partial charge in [-0.3, -0.25) is 34.6 Å². The number of amides is 4. The van der Waals surface area contributed by atoms with E-state index in [2.05, 4.69) is 20.7 Å². The van der Waals surface area contributed by atoms with Gasteiger partial charge in [0.15, 0.2) is 0 Å². The average molecular weight is 437 g/mol. The van der Waals surface area contributed by atoms with E-state index in [0.29, 0.717) is 6.42 Å². The molecule has 2 aromatic heterocycles. The van der Waals surface area contributed by atoms with Gasteiger partial charge in [0.25, 0.3) is 17.7 Å². The van der Waals surface area contributed by atoms with Gasteiger partial charge in [-0.25, -0.2) is 0 Å². The van der Waals surface area contributed by atoms with Crippen molar-refractivity contribution in [2.75, 3.05) is 12.4 Å². The van der Waals surface area contributed by atoms with E-state index in [1.807, 2.05) is 13.8 Å². The van der Waals surface area contributed by atoms with Crippen LogP contribution < -0.4 is 16.5 Å². The molecule has 30 heavy (non-hydrogen) atoms. The van der Waals surface area contributed by atoms with Crippen LogP contribution in [0.5, 0.6) is 0 Å². The van der Waals surface area contributed by atoms with Crippen LogP contribution in [0.25, 0.3) is 10.9 Å². The van der Waals surface area contributed by atoms with Gasteiger partial charge in [0, 0.05) is 29.7 Å². The number of aromatic amines is 1. The fraction of sp³-hybridized carbons (Fsp3) is 0.421. The lowest BCUT2D eigenvalue weighted by Crippen LogP contribution is -2.55. The maximum absolute atomic E-state index is 12.8. The van der Waals surface area contributed by atoms with Gasteiger partial charge in [-0.15, -0.1) is 11.6 Å². The molecule has 1 unspecified atom stereocenters. The fourth-order valence-electron chi connectivity index (χ4n) is 2.78. The van der Waals surface area contributed by atoms with Crippen molar-refractivity contribution in [3.63, 3.8) is 0 Å². The van der Waals surface area contributed by atoms with Gasteiger partial charge in [-0.2, -0.15) is 0 Å². The SMILES string of the molecule is CC(C)CC(NC(=O)c1cc2cnccc2[nH]1)C(=O)NN(CCC(N)=O)C(=O)CCl. The van der Waals surface area contributed by atoms with E-state index in [0.717, 1.165) is 15.9 Å².